The molecule has 4 nitrogen and oxygen atoms in total. The molecule has 0 spiro atoms. The van der Waals surface area contributed by atoms with Gasteiger partial charge in [0, 0.05) is 6.92 Å². The highest BCUT2D eigenvalue weighted by atomic mass is 16.5. The van der Waals surface area contributed by atoms with Crippen LogP contribution in [0.3, 0.4) is 0 Å². The van der Waals surface area contributed by atoms with E-state index in [0.717, 1.165) is 5.56 Å². The highest BCUT2D eigenvalue weighted by molar-refractivity contribution is 6.06. The van der Waals surface area contributed by atoms with Gasteiger partial charge in [-0.2, -0.15) is 0 Å². The van der Waals surface area contributed by atoms with Gasteiger partial charge in [0.15, 0.2) is 0 Å². The van der Waals surface area contributed by atoms with Crippen molar-refractivity contribution in [2.24, 2.45) is 0 Å². The second-order valence-corrected chi connectivity index (χ2v) is 4.93. The normalized spacial score (nSPS) is 17.7. The summed E-state index contributed by atoms with van der Waals surface area (Å²) in [6.45, 7) is 1.66. The molecule has 3 rings (SSSR count). The lowest BCUT2D eigenvalue weighted by Crippen LogP contribution is -2.39. The van der Waals surface area contributed by atoms with Gasteiger partial charge in [-0.3, -0.25) is 14.5 Å². The summed E-state index contributed by atoms with van der Waals surface area (Å²) < 4.78 is 5.75. The Labute approximate surface area is 123 Å². The van der Waals surface area contributed by atoms with E-state index in [1.165, 1.54) is 11.8 Å². The summed E-state index contributed by atoms with van der Waals surface area (Å²) >= 11 is 0. The highest BCUT2D eigenvalue weighted by Gasteiger charge is 2.34. The lowest BCUT2D eigenvalue weighted by molar-refractivity contribution is -0.128. The molecule has 1 atom stereocenters. The Balaban J connectivity index is 2.08. The first kappa shape index (κ1) is 13.4. The van der Waals surface area contributed by atoms with Gasteiger partial charge >= 0.3 is 0 Å². The van der Waals surface area contributed by atoms with Crippen molar-refractivity contribution in [2.75, 3.05) is 6.61 Å². The molecule has 1 aliphatic heterocycles. The number of ether oxygens (including phenoxy) is 1. The zero-order chi connectivity index (χ0) is 14.8. The molecule has 2 aromatic rings. The van der Waals surface area contributed by atoms with Crippen LogP contribution in [-0.4, -0.2) is 23.3 Å². The van der Waals surface area contributed by atoms with Crippen molar-refractivity contribution in [2.45, 2.75) is 13.0 Å². The number of para-hydroxylation sites is 1. The van der Waals surface area contributed by atoms with Crippen molar-refractivity contribution >= 4 is 11.8 Å². The van der Waals surface area contributed by atoms with Crippen LogP contribution in [0.5, 0.6) is 5.75 Å². The molecule has 1 unspecified atom stereocenters. The molecule has 1 heterocycles. The maximum atomic E-state index is 12.7. The summed E-state index contributed by atoms with van der Waals surface area (Å²) in [4.78, 5) is 26.0. The minimum atomic E-state index is -0.413. The maximum Gasteiger partial charge on any atom is 0.264 e. The highest BCUT2D eigenvalue weighted by Crippen LogP contribution is 2.31. The Hall–Kier alpha value is -2.62. The number of rotatable bonds is 1. The van der Waals surface area contributed by atoms with Crippen LogP contribution in [0, 0.1) is 0 Å². The Kier molecular flexibility index (Phi) is 3.44. The molecule has 0 aliphatic carbocycles. The van der Waals surface area contributed by atoms with E-state index in [9.17, 15) is 9.59 Å². The standard InChI is InChI=1S/C17H15NO3/c1-12(19)18-15(13-7-3-2-4-8-13)11-21-16-10-6-5-9-14(16)17(18)20/h2-10,15H,11H2,1H3. The molecular weight excluding hydrogens is 266 g/mol. The second kappa shape index (κ2) is 5.40. The van der Waals surface area contributed by atoms with Gasteiger partial charge in [-0.25, -0.2) is 0 Å². The van der Waals surface area contributed by atoms with Gasteiger partial charge in [0.1, 0.15) is 12.4 Å². The van der Waals surface area contributed by atoms with E-state index < -0.39 is 6.04 Å². The molecule has 0 saturated carbocycles. The smallest absolute Gasteiger partial charge is 0.264 e. The third kappa shape index (κ3) is 2.40. The van der Waals surface area contributed by atoms with E-state index in [2.05, 4.69) is 0 Å². The molecule has 0 bridgehead atoms. The molecule has 4 heteroatoms. The lowest BCUT2D eigenvalue weighted by Gasteiger charge is -2.26. The molecular formula is C17H15NO3. The summed E-state index contributed by atoms with van der Waals surface area (Å²) in [5.41, 5.74) is 1.31. The van der Waals surface area contributed by atoms with E-state index in [1.54, 1.807) is 18.2 Å². The largest absolute Gasteiger partial charge is 0.490 e. The monoisotopic (exact) mass is 281 g/mol. The molecule has 0 radical (unpaired) electrons. The first-order valence-electron chi connectivity index (χ1n) is 6.79. The van der Waals surface area contributed by atoms with E-state index in [0.29, 0.717) is 11.3 Å². The summed E-state index contributed by atoms with van der Waals surface area (Å²) in [5.74, 6) is -0.0780. The van der Waals surface area contributed by atoms with Crippen LogP contribution in [0.4, 0.5) is 0 Å². The van der Waals surface area contributed by atoms with Crippen LogP contribution in [0.2, 0.25) is 0 Å². The van der Waals surface area contributed by atoms with Gasteiger partial charge in [-0.1, -0.05) is 42.5 Å². The van der Waals surface area contributed by atoms with Crippen LogP contribution in [-0.2, 0) is 4.79 Å². The fourth-order valence-electron chi connectivity index (χ4n) is 2.57. The molecule has 21 heavy (non-hydrogen) atoms. The molecule has 106 valence electrons. The van der Waals surface area contributed by atoms with Crippen LogP contribution in [0.1, 0.15) is 28.9 Å². The van der Waals surface area contributed by atoms with Gasteiger partial charge in [0.05, 0.1) is 11.6 Å². The molecule has 0 aromatic heterocycles. The molecule has 2 amide bonds. The molecule has 0 fully saturated rings. The number of fused-ring (bicyclic) bond motifs is 1. The summed E-state index contributed by atoms with van der Waals surface area (Å²) in [6, 6.07) is 16.1. The van der Waals surface area contributed by atoms with Gasteiger partial charge in [0.2, 0.25) is 5.91 Å². The zero-order valence-corrected chi connectivity index (χ0v) is 11.7. The van der Waals surface area contributed by atoms with E-state index in [-0.39, 0.29) is 18.4 Å². The minimum Gasteiger partial charge on any atom is -0.490 e. The summed E-state index contributed by atoms with van der Waals surface area (Å²) in [5, 5.41) is 0. The van der Waals surface area contributed by atoms with E-state index >= 15 is 0 Å². The summed E-state index contributed by atoms with van der Waals surface area (Å²) in [6.07, 6.45) is 0. The third-order valence-corrected chi connectivity index (χ3v) is 3.57. The van der Waals surface area contributed by atoms with Crippen molar-refractivity contribution in [1.82, 2.24) is 4.90 Å². The maximum absolute atomic E-state index is 12.7. The van der Waals surface area contributed by atoms with Crippen molar-refractivity contribution in [3.05, 3.63) is 65.7 Å². The number of amides is 2. The molecule has 0 N–H and O–H groups in total. The molecule has 0 saturated heterocycles. The topological polar surface area (TPSA) is 46.6 Å². The Morgan fingerprint density at radius 3 is 2.48 bits per heavy atom. The van der Waals surface area contributed by atoms with Crippen LogP contribution in [0.25, 0.3) is 0 Å². The average Bonchev–Trinajstić information content (AvgIpc) is 2.65. The fourth-order valence-corrected chi connectivity index (χ4v) is 2.57. The van der Waals surface area contributed by atoms with E-state index in [4.69, 9.17) is 4.74 Å². The number of carbonyl (C=O) groups excluding carboxylic acids is 2. The lowest BCUT2D eigenvalue weighted by atomic mass is 10.1. The van der Waals surface area contributed by atoms with Crippen molar-refractivity contribution < 1.29 is 14.3 Å². The number of imide groups is 1. The molecule has 2 aromatic carbocycles. The quantitative estimate of drug-likeness (QED) is 0.807. The molecule has 1 aliphatic rings. The number of hydrogen-bond donors (Lipinski definition) is 0. The number of carbonyl (C=O) groups is 2. The Morgan fingerprint density at radius 1 is 1.10 bits per heavy atom. The van der Waals surface area contributed by atoms with Gasteiger partial charge in [-0.15, -0.1) is 0 Å². The Bertz CT molecular complexity index is 681. The van der Waals surface area contributed by atoms with Crippen LogP contribution >= 0.6 is 0 Å². The number of nitrogens with zero attached hydrogens (tertiary/aromatic N) is 1. The van der Waals surface area contributed by atoms with Crippen molar-refractivity contribution in [3.8, 4) is 5.75 Å². The Morgan fingerprint density at radius 2 is 1.76 bits per heavy atom. The van der Waals surface area contributed by atoms with E-state index in [1.807, 2.05) is 36.4 Å². The van der Waals surface area contributed by atoms with Gasteiger partial charge in [0.25, 0.3) is 5.91 Å². The number of benzene rings is 2. The third-order valence-electron chi connectivity index (χ3n) is 3.57. The predicted octanol–water partition coefficient (Wildman–Crippen LogP) is 2.81. The van der Waals surface area contributed by atoms with Crippen LogP contribution in [0.15, 0.2) is 54.6 Å². The fraction of sp³-hybridized carbons (Fsp3) is 0.176. The van der Waals surface area contributed by atoms with Crippen molar-refractivity contribution in [1.29, 1.82) is 0 Å². The first-order valence-corrected chi connectivity index (χ1v) is 6.79. The van der Waals surface area contributed by atoms with Gasteiger partial charge < -0.3 is 4.74 Å². The zero-order valence-electron chi connectivity index (χ0n) is 11.7. The van der Waals surface area contributed by atoms with Gasteiger partial charge in [-0.05, 0) is 17.7 Å². The van der Waals surface area contributed by atoms with Crippen molar-refractivity contribution in [3.63, 3.8) is 0 Å². The summed E-state index contributed by atoms with van der Waals surface area (Å²) in [7, 11) is 0. The first-order chi connectivity index (χ1) is 10.2. The SMILES string of the molecule is CC(=O)N1C(=O)c2ccccc2OCC1c1ccccc1. The minimum absolute atomic E-state index is 0.256. The second-order valence-electron chi connectivity index (χ2n) is 4.93. The van der Waals surface area contributed by atoms with Crippen LogP contribution < -0.4 is 4.74 Å². The number of hydrogen-bond acceptors (Lipinski definition) is 3. The predicted molar refractivity (Wildman–Crippen MR) is 78.0 cm³/mol. The average molecular weight is 281 g/mol.